The predicted molar refractivity (Wildman–Crippen MR) is 81.7 cm³/mol. The zero-order valence-electron chi connectivity index (χ0n) is 11.9. The minimum absolute atomic E-state index is 0.559. The number of hydrogen-bond acceptors (Lipinski definition) is 3. The Labute approximate surface area is 123 Å². The minimum Gasteiger partial charge on any atom is -0.298 e. The summed E-state index contributed by atoms with van der Waals surface area (Å²) in [4.78, 5) is 15.4. The smallest absolute Gasteiger partial charge is 0.153 e. The molecular weight excluding hydrogens is 262 g/mol. The molecule has 0 saturated carbocycles. The van der Waals surface area contributed by atoms with Crippen LogP contribution in [0, 0.1) is 13.8 Å². The van der Waals surface area contributed by atoms with E-state index in [1.54, 1.807) is 23.3 Å². The average molecular weight is 277 g/mol. The number of hydrogen-bond donors (Lipinski definition) is 0. The average Bonchev–Trinajstić information content (AvgIpc) is 2.94. The number of nitrogens with zero attached hydrogens (tertiary/aromatic N) is 3. The Hall–Kier alpha value is -2.75. The molecular formula is C17H15N3O. The van der Waals surface area contributed by atoms with Crippen LogP contribution in [-0.4, -0.2) is 21.1 Å². The van der Waals surface area contributed by atoms with E-state index in [-0.39, 0.29) is 0 Å². The lowest BCUT2D eigenvalue weighted by atomic mass is 10.1. The number of rotatable bonds is 3. The van der Waals surface area contributed by atoms with E-state index in [0.29, 0.717) is 11.3 Å². The molecule has 4 nitrogen and oxygen atoms in total. The van der Waals surface area contributed by atoms with Gasteiger partial charge < -0.3 is 0 Å². The molecule has 0 aliphatic rings. The molecule has 0 bridgehead atoms. The van der Waals surface area contributed by atoms with Crippen molar-refractivity contribution in [2.45, 2.75) is 13.8 Å². The Morgan fingerprint density at radius 1 is 1.19 bits per heavy atom. The molecule has 0 radical (unpaired) electrons. The molecule has 0 aliphatic heterocycles. The van der Waals surface area contributed by atoms with E-state index < -0.39 is 0 Å². The van der Waals surface area contributed by atoms with Gasteiger partial charge in [0.05, 0.1) is 11.3 Å². The van der Waals surface area contributed by atoms with Crippen molar-refractivity contribution >= 4 is 6.29 Å². The Balaban J connectivity index is 2.16. The molecule has 3 rings (SSSR count). The molecule has 0 amide bonds. The van der Waals surface area contributed by atoms with Crippen molar-refractivity contribution in [1.29, 1.82) is 0 Å². The van der Waals surface area contributed by atoms with Crippen LogP contribution < -0.4 is 0 Å². The molecule has 0 fully saturated rings. The van der Waals surface area contributed by atoms with Crippen molar-refractivity contribution in [2.75, 3.05) is 0 Å². The van der Waals surface area contributed by atoms with Crippen LogP contribution in [0.2, 0.25) is 0 Å². The summed E-state index contributed by atoms with van der Waals surface area (Å²) in [5, 5.41) is 4.57. The fourth-order valence-electron chi connectivity index (χ4n) is 2.29. The lowest BCUT2D eigenvalue weighted by molar-refractivity contribution is 0.112. The van der Waals surface area contributed by atoms with Crippen LogP contribution in [-0.2, 0) is 0 Å². The summed E-state index contributed by atoms with van der Waals surface area (Å²) in [6, 6.07) is 9.90. The number of carbonyl (C=O) groups is 1. The number of aryl methyl sites for hydroxylation is 2. The van der Waals surface area contributed by atoms with Crippen LogP contribution in [0.5, 0.6) is 0 Å². The monoisotopic (exact) mass is 277 g/mol. The van der Waals surface area contributed by atoms with Gasteiger partial charge >= 0.3 is 0 Å². The minimum atomic E-state index is 0.559. The van der Waals surface area contributed by atoms with Gasteiger partial charge in [-0.05, 0) is 43.2 Å². The van der Waals surface area contributed by atoms with Crippen molar-refractivity contribution in [3.05, 3.63) is 65.6 Å². The maximum absolute atomic E-state index is 11.3. The molecule has 0 N–H and O–H groups in total. The lowest BCUT2D eigenvalue weighted by Crippen LogP contribution is -1.98. The Morgan fingerprint density at radius 3 is 2.76 bits per heavy atom. The van der Waals surface area contributed by atoms with Gasteiger partial charge in [-0.2, -0.15) is 5.10 Å². The molecule has 0 atom stereocenters. The summed E-state index contributed by atoms with van der Waals surface area (Å²) in [7, 11) is 0. The predicted octanol–water partition coefficient (Wildman–Crippen LogP) is 3.36. The second-order valence-corrected chi connectivity index (χ2v) is 5.03. The Kier molecular flexibility index (Phi) is 3.36. The summed E-state index contributed by atoms with van der Waals surface area (Å²) in [5.41, 5.74) is 5.29. The fraction of sp³-hybridized carbons (Fsp3) is 0.118. The third kappa shape index (κ3) is 2.48. The van der Waals surface area contributed by atoms with E-state index in [9.17, 15) is 4.79 Å². The van der Waals surface area contributed by atoms with Crippen LogP contribution in [0.3, 0.4) is 0 Å². The normalized spacial score (nSPS) is 10.6. The molecule has 104 valence electrons. The van der Waals surface area contributed by atoms with E-state index in [1.165, 1.54) is 0 Å². The third-order valence-electron chi connectivity index (χ3n) is 3.42. The van der Waals surface area contributed by atoms with Gasteiger partial charge in [-0.1, -0.05) is 12.1 Å². The van der Waals surface area contributed by atoms with E-state index >= 15 is 0 Å². The lowest BCUT2D eigenvalue weighted by Gasteiger charge is -2.06. The molecule has 2 heterocycles. The first kappa shape index (κ1) is 13.2. The first-order chi connectivity index (χ1) is 10.2. The zero-order valence-corrected chi connectivity index (χ0v) is 11.9. The van der Waals surface area contributed by atoms with Gasteiger partial charge in [-0.15, -0.1) is 0 Å². The van der Waals surface area contributed by atoms with Crippen LogP contribution in [0.1, 0.15) is 21.5 Å². The summed E-state index contributed by atoms with van der Waals surface area (Å²) in [5.74, 6) is 0. The molecule has 0 saturated heterocycles. The van der Waals surface area contributed by atoms with Crippen molar-refractivity contribution in [1.82, 2.24) is 14.8 Å². The number of aldehydes is 1. The van der Waals surface area contributed by atoms with Crippen molar-refractivity contribution in [3.8, 4) is 16.9 Å². The Bertz CT molecular complexity index is 791. The highest BCUT2D eigenvalue weighted by atomic mass is 16.1. The van der Waals surface area contributed by atoms with E-state index in [1.807, 2.05) is 26.0 Å². The second-order valence-electron chi connectivity index (χ2n) is 5.03. The Morgan fingerprint density at radius 2 is 2.05 bits per heavy atom. The van der Waals surface area contributed by atoms with E-state index in [4.69, 9.17) is 0 Å². The van der Waals surface area contributed by atoms with Gasteiger partial charge in [0, 0.05) is 24.2 Å². The second kappa shape index (κ2) is 5.32. The maximum Gasteiger partial charge on any atom is 0.153 e. The number of aromatic nitrogens is 3. The molecule has 2 aromatic heterocycles. The van der Waals surface area contributed by atoms with Gasteiger partial charge in [0.25, 0.3) is 0 Å². The van der Waals surface area contributed by atoms with Crippen LogP contribution in [0.15, 0.2) is 48.9 Å². The zero-order chi connectivity index (χ0) is 14.8. The summed E-state index contributed by atoms with van der Waals surface area (Å²) in [6.45, 7) is 4.07. The molecule has 0 unspecified atom stereocenters. The largest absolute Gasteiger partial charge is 0.298 e. The highest BCUT2D eigenvalue weighted by Crippen LogP contribution is 2.23. The highest BCUT2D eigenvalue weighted by molar-refractivity contribution is 5.85. The summed E-state index contributed by atoms with van der Waals surface area (Å²) < 4.78 is 1.76. The number of pyridine rings is 1. The maximum atomic E-state index is 11.3. The standard InChI is InChI=1S/C17H15N3O/c1-12-5-6-13(2)16(8-12)20-10-15(11-21)17(19-20)14-4-3-7-18-9-14/h3-11H,1-2H3. The molecule has 0 aliphatic carbocycles. The molecule has 3 aromatic rings. The van der Waals surface area contributed by atoms with Gasteiger partial charge in [-0.25, -0.2) is 4.68 Å². The van der Waals surface area contributed by atoms with Crippen LogP contribution in [0.25, 0.3) is 16.9 Å². The van der Waals surface area contributed by atoms with Gasteiger partial charge in [0.1, 0.15) is 5.69 Å². The molecule has 0 spiro atoms. The molecule has 1 aromatic carbocycles. The van der Waals surface area contributed by atoms with Gasteiger partial charge in [-0.3, -0.25) is 9.78 Å². The number of benzene rings is 1. The summed E-state index contributed by atoms with van der Waals surface area (Å²) in [6.07, 6.45) is 6.00. The van der Waals surface area contributed by atoms with Crippen LogP contribution in [0.4, 0.5) is 0 Å². The van der Waals surface area contributed by atoms with Crippen molar-refractivity contribution in [2.24, 2.45) is 0 Å². The van der Waals surface area contributed by atoms with E-state index in [2.05, 4.69) is 28.3 Å². The third-order valence-corrected chi connectivity index (χ3v) is 3.42. The van der Waals surface area contributed by atoms with E-state index in [0.717, 1.165) is 28.7 Å². The van der Waals surface area contributed by atoms with Crippen molar-refractivity contribution < 1.29 is 4.79 Å². The quantitative estimate of drug-likeness (QED) is 0.690. The SMILES string of the molecule is Cc1ccc(C)c(-n2cc(C=O)c(-c3cccnc3)n2)c1. The van der Waals surface area contributed by atoms with Crippen molar-refractivity contribution in [3.63, 3.8) is 0 Å². The first-order valence-electron chi connectivity index (χ1n) is 6.72. The first-order valence-corrected chi connectivity index (χ1v) is 6.72. The summed E-state index contributed by atoms with van der Waals surface area (Å²) >= 11 is 0. The molecule has 4 heteroatoms. The fourth-order valence-corrected chi connectivity index (χ4v) is 2.29. The van der Waals surface area contributed by atoms with Crippen LogP contribution >= 0.6 is 0 Å². The molecule has 21 heavy (non-hydrogen) atoms. The van der Waals surface area contributed by atoms with Gasteiger partial charge in [0.15, 0.2) is 6.29 Å². The topological polar surface area (TPSA) is 47.8 Å². The number of carbonyl (C=O) groups excluding carboxylic acids is 1. The highest BCUT2D eigenvalue weighted by Gasteiger charge is 2.12. The van der Waals surface area contributed by atoms with Gasteiger partial charge in [0.2, 0.25) is 0 Å².